The summed E-state index contributed by atoms with van der Waals surface area (Å²) in [5.41, 5.74) is 1.84. The number of ether oxygens (including phenoxy) is 1. The topological polar surface area (TPSA) is 58.6 Å². The highest BCUT2D eigenvalue weighted by Crippen LogP contribution is 2.18. The van der Waals surface area contributed by atoms with Crippen molar-refractivity contribution in [2.75, 3.05) is 7.11 Å². The number of carbonyl (C=O) groups excluding carboxylic acids is 2. The van der Waals surface area contributed by atoms with Crippen LogP contribution in [0.15, 0.2) is 53.0 Å². The molecule has 0 heterocycles. The SMILES string of the molecule is CCC(C)NC(=O)C(C)N(Cc1cccc(Br)c1)C(=O)Cc1ccc(OC)cc1. The summed E-state index contributed by atoms with van der Waals surface area (Å²) < 4.78 is 6.12. The molecule has 0 aliphatic rings. The molecular weight excluding hydrogens is 432 g/mol. The summed E-state index contributed by atoms with van der Waals surface area (Å²) in [5, 5.41) is 2.98. The molecule has 2 rings (SSSR count). The lowest BCUT2D eigenvalue weighted by molar-refractivity contribution is -0.140. The van der Waals surface area contributed by atoms with Crippen LogP contribution < -0.4 is 10.1 Å². The fourth-order valence-electron chi connectivity index (χ4n) is 2.90. The lowest BCUT2D eigenvalue weighted by Gasteiger charge is -2.30. The van der Waals surface area contributed by atoms with Gasteiger partial charge in [-0.25, -0.2) is 0 Å². The maximum absolute atomic E-state index is 13.2. The summed E-state index contributed by atoms with van der Waals surface area (Å²) in [6.07, 6.45) is 1.06. The molecule has 0 bridgehead atoms. The Balaban J connectivity index is 2.21. The van der Waals surface area contributed by atoms with Crippen molar-refractivity contribution >= 4 is 27.7 Å². The van der Waals surface area contributed by atoms with E-state index < -0.39 is 6.04 Å². The third kappa shape index (κ3) is 6.89. The molecule has 0 saturated carbocycles. The molecule has 5 nitrogen and oxygen atoms in total. The van der Waals surface area contributed by atoms with Gasteiger partial charge in [-0.3, -0.25) is 9.59 Å². The molecule has 2 aromatic carbocycles. The Bertz CT molecular complexity index is 823. The Morgan fingerprint density at radius 2 is 1.79 bits per heavy atom. The van der Waals surface area contributed by atoms with E-state index >= 15 is 0 Å². The number of hydrogen-bond acceptors (Lipinski definition) is 3. The Morgan fingerprint density at radius 3 is 2.38 bits per heavy atom. The second-order valence-electron chi connectivity index (χ2n) is 7.17. The maximum atomic E-state index is 13.2. The first-order chi connectivity index (χ1) is 13.8. The first-order valence-corrected chi connectivity index (χ1v) is 10.6. The van der Waals surface area contributed by atoms with Crippen molar-refractivity contribution in [2.45, 2.75) is 52.2 Å². The maximum Gasteiger partial charge on any atom is 0.242 e. The highest BCUT2D eigenvalue weighted by atomic mass is 79.9. The van der Waals surface area contributed by atoms with Gasteiger partial charge in [-0.05, 0) is 55.7 Å². The molecule has 2 aromatic rings. The van der Waals surface area contributed by atoms with E-state index in [0.29, 0.717) is 6.54 Å². The zero-order chi connectivity index (χ0) is 21.4. The van der Waals surface area contributed by atoms with E-state index in [1.54, 1.807) is 18.9 Å². The van der Waals surface area contributed by atoms with Crippen LogP contribution in [0.25, 0.3) is 0 Å². The first-order valence-electron chi connectivity index (χ1n) is 9.81. The fraction of sp³-hybridized carbons (Fsp3) is 0.391. The molecule has 0 spiro atoms. The summed E-state index contributed by atoms with van der Waals surface area (Å²) in [6, 6.07) is 14.7. The minimum absolute atomic E-state index is 0.0642. The van der Waals surface area contributed by atoms with Crippen LogP contribution in [0.4, 0.5) is 0 Å². The number of halogens is 1. The predicted molar refractivity (Wildman–Crippen MR) is 119 cm³/mol. The summed E-state index contributed by atoms with van der Waals surface area (Å²) in [4.78, 5) is 27.5. The molecule has 0 radical (unpaired) electrons. The van der Waals surface area contributed by atoms with Crippen LogP contribution in [0.3, 0.4) is 0 Å². The van der Waals surface area contributed by atoms with Gasteiger partial charge in [-0.15, -0.1) is 0 Å². The largest absolute Gasteiger partial charge is 0.497 e. The van der Waals surface area contributed by atoms with Crippen LogP contribution in [-0.4, -0.2) is 35.9 Å². The van der Waals surface area contributed by atoms with Gasteiger partial charge in [0.1, 0.15) is 11.8 Å². The van der Waals surface area contributed by atoms with E-state index in [-0.39, 0.29) is 24.3 Å². The van der Waals surface area contributed by atoms with E-state index in [4.69, 9.17) is 4.74 Å². The quantitative estimate of drug-likeness (QED) is 0.605. The van der Waals surface area contributed by atoms with Crippen molar-refractivity contribution in [3.63, 3.8) is 0 Å². The average molecular weight is 461 g/mol. The van der Waals surface area contributed by atoms with Gasteiger partial charge in [0.2, 0.25) is 11.8 Å². The summed E-state index contributed by atoms with van der Waals surface area (Å²) in [7, 11) is 1.61. The molecule has 156 valence electrons. The Hall–Kier alpha value is -2.34. The molecule has 0 fully saturated rings. The van der Waals surface area contributed by atoms with Crippen molar-refractivity contribution in [1.82, 2.24) is 10.2 Å². The zero-order valence-electron chi connectivity index (χ0n) is 17.4. The second kappa shape index (κ2) is 11.0. The van der Waals surface area contributed by atoms with Gasteiger partial charge in [0, 0.05) is 17.1 Å². The summed E-state index contributed by atoms with van der Waals surface area (Å²) in [5.74, 6) is 0.507. The monoisotopic (exact) mass is 460 g/mol. The molecule has 6 heteroatoms. The molecule has 0 saturated heterocycles. The Labute approximate surface area is 181 Å². The summed E-state index contributed by atoms with van der Waals surface area (Å²) >= 11 is 3.47. The van der Waals surface area contributed by atoms with Crippen molar-refractivity contribution in [3.8, 4) is 5.75 Å². The number of benzene rings is 2. The molecule has 29 heavy (non-hydrogen) atoms. The van der Waals surface area contributed by atoms with E-state index in [2.05, 4.69) is 21.2 Å². The normalized spacial score (nSPS) is 12.7. The smallest absolute Gasteiger partial charge is 0.242 e. The molecule has 1 N–H and O–H groups in total. The Morgan fingerprint density at radius 1 is 1.10 bits per heavy atom. The summed E-state index contributed by atoms with van der Waals surface area (Å²) in [6.45, 7) is 6.12. The van der Waals surface area contributed by atoms with Gasteiger partial charge in [0.05, 0.1) is 13.5 Å². The number of methoxy groups -OCH3 is 1. The predicted octanol–water partition coefficient (Wildman–Crippen LogP) is 4.33. The zero-order valence-corrected chi connectivity index (χ0v) is 19.0. The number of hydrogen-bond donors (Lipinski definition) is 1. The van der Waals surface area contributed by atoms with Gasteiger partial charge < -0.3 is 15.0 Å². The lowest BCUT2D eigenvalue weighted by Crippen LogP contribution is -2.49. The van der Waals surface area contributed by atoms with Gasteiger partial charge in [-0.1, -0.05) is 47.1 Å². The molecule has 2 unspecified atom stereocenters. The van der Waals surface area contributed by atoms with E-state index in [9.17, 15) is 9.59 Å². The fourth-order valence-corrected chi connectivity index (χ4v) is 3.35. The van der Waals surface area contributed by atoms with E-state index in [0.717, 1.165) is 27.8 Å². The van der Waals surface area contributed by atoms with Crippen LogP contribution in [0.1, 0.15) is 38.3 Å². The standard InChI is InChI=1S/C23H29BrN2O3/c1-5-16(2)25-23(28)17(3)26(15-19-7-6-8-20(24)13-19)22(27)14-18-9-11-21(29-4)12-10-18/h6-13,16-17H,5,14-15H2,1-4H3,(H,25,28). The molecule has 2 atom stereocenters. The minimum Gasteiger partial charge on any atom is -0.497 e. The van der Waals surface area contributed by atoms with Crippen LogP contribution in [0.2, 0.25) is 0 Å². The van der Waals surface area contributed by atoms with Gasteiger partial charge in [0.15, 0.2) is 0 Å². The van der Waals surface area contributed by atoms with Crippen molar-refractivity contribution in [2.24, 2.45) is 0 Å². The molecule has 0 aliphatic heterocycles. The van der Waals surface area contributed by atoms with Crippen molar-refractivity contribution in [1.29, 1.82) is 0 Å². The van der Waals surface area contributed by atoms with Crippen molar-refractivity contribution in [3.05, 3.63) is 64.1 Å². The average Bonchev–Trinajstić information content (AvgIpc) is 2.71. The van der Waals surface area contributed by atoms with E-state index in [1.807, 2.05) is 62.4 Å². The van der Waals surface area contributed by atoms with Crippen LogP contribution in [0.5, 0.6) is 5.75 Å². The lowest BCUT2D eigenvalue weighted by atomic mass is 10.1. The molecule has 0 aliphatic carbocycles. The van der Waals surface area contributed by atoms with E-state index in [1.165, 1.54) is 0 Å². The van der Waals surface area contributed by atoms with Crippen LogP contribution in [-0.2, 0) is 22.6 Å². The number of nitrogens with one attached hydrogen (secondary N) is 1. The van der Waals surface area contributed by atoms with Gasteiger partial charge in [0.25, 0.3) is 0 Å². The minimum atomic E-state index is -0.575. The van der Waals surface area contributed by atoms with Crippen molar-refractivity contribution < 1.29 is 14.3 Å². The molecule has 2 amide bonds. The second-order valence-corrected chi connectivity index (χ2v) is 8.09. The number of carbonyl (C=O) groups is 2. The van der Waals surface area contributed by atoms with Crippen LogP contribution in [0, 0.1) is 0 Å². The highest BCUT2D eigenvalue weighted by Gasteiger charge is 2.26. The van der Waals surface area contributed by atoms with Gasteiger partial charge in [-0.2, -0.15) is 0 Å². The third-order valence-electron chi connectivity index (χ3n) is 4.92. The Kier molecular flexibility index (Phi) is 8.70. The van der Waals surface area contributed by atoms with Gasteiger partial charge >= 0.3 is 0 Å². The molecular formula is C23H29BrN2O3. The third-order valence-corrected chi connectivity index (χ3v) is 5.42. The number of amides is 2. The molecule has 0 aromatic heterocycles. The highest BCUT2D eigenvalue weighted by molar-refractivity contribution is 9.10. The first kappa shape index (κ1) is 22.9. The number of nitrogens with zero attached hydrogens (tertiary/aromatic N) is 1. The van der Waals surface area contributed by atoms with Crippen LogP contribution >= 0.6 is 15.9 Å². The number of rotatable bonds is 9.